The smallest absolute Gasteiger partial charge is 0.245 e. The summed E-state index contributed by atoms with van der Waals surface area (Å²) < 4.78 is 53.9. The lowest BCUT2D eigenvalue weighted by atomic mass is 9.82. The van der Waals surface area contributed by atoms with Crippen LogP contribution >= 0.6 is 0 Å². The standard InChI is InChI=1S/C23H27F2NO3S/c1-13-14(2)16(4)22(17(5)15(13)3)23(27)18-8-10-26(11-9-18)30(28,29)21-7-6-19(24)12-20(21)25/h6-7,12,18H,8-11H2,1-5H3. The van der Waals surface area contributed by atoms with Gasteiger partial charge in [0, 0.05) is 30.6 Å². The molecule has 2 aromatic carbocycles. The second kappa shape index (κ2) is 8.19. The van der Waals surface area contributed by atoms with Crippen LogP contribution in [0.5, 0.6) is 0 Å². The van der Waals surface area contributed by atoms with Crippen molar-refractivity contribution in [2.24, 2.45) is 5.92 Å². The van der Waals surface area contributed by atoms with Crippen molar-refractivity contribution in [3.63, 3.8) is 0 Å². The summed E-state index contributed by atoms with van der Waals surface area (Å²) in [5.41, 5.74) is 6.08. The van der Waals surface area contributed by atoms with Gasteiger partial charge >= 0.3 is 0 Å². The number of hydrogen-bond acceptors (Lipinski definition) is 3. The Morgan fingerprint density at radius 1 is 0.900 bits per heavy atom. The van der Waals surface area contributed by atoms with Gasteiger partial charge in [-0.2, -0.15) is 4.31 Å². The third kappa shape index (κ3) is 3.81. The third-order valence-corrected chi connectivity index (χ3v) is 8.51. The van der Waals surface area contributed by atoms with Gasteiger partial charge in [-0.25, -0.2) is 17.2 Å². The molecule has 1 heterocycles. The van der Waals surface area contributed by atoms with Crippen molar-refractivity contribution >= 4 is 15.8 Å². The Hall–Kier alpha value is -2.12. The highest BCUT2D eigenvalue weighted by Gasteiger charge is 2.35. The van der Waals surface area contributed by atoms with Crippen LogP contribution in [0.1, 0.15) is 51.0 Å². The fraction of sp³-hybridized carbons (Fsp3) is 0.435. The number of piperidine rings is 1. The van der Waals surface area contributed by atoms with Crippen molar-refractivity contribution in [2.75, 3.05) is 13.1 Å². The van der Waals surface area contributed by atoms with E-state index in [0.29, 0.717) is 18.9 Å². The zero-order chi connectivity index (χ0) is 22.4. The average molecular weight is 436 g/mol. The highest BCUT2D eigenvalue weighted by Crippen LogP contribution is 2.32. The van der Waals surface area contributed by atoms with E-state index in [2.05, 4.69) is 6.92 Å². The first-order chi connectivity index (χ1) is 14.0. The fourth-order valence-electron chi connectivity index (χ4n) is 4.26. The molecule has 30 heavy (non-hydrogen) atoms. The summed E-state index contributed by atoms with van der Waals surface area (Å²) in [5, 5.41) is 0. The predicted octanol–water partition coefficient (Wildman–Crippen LogP) is 4.79. The number of rotatable bonds is 4. The SMILES string of the molecule is Cc1c(C)c(C)c(C(=O)C2CCN(S(=O)(=O)c3ccc(F)cc3F)CC2)c(C)c1C. The van der Waals surface area contributed by atoms with Crippen LogP contribution in [-0.2, 0) is 10.0 Å². The molecule has 1 aliphatic rings. The Morgan fingerprint density at radius 3 is 1.90 bits per heavy atom. The highest BCUT2D eigenvalue weighted by atomic mass is 32.2. The Morgan fingerprint density at radius 2 is 1.40 bits per heavy atom. The van der Waals surface area contributed by atoms with Crippen LogP contribution < -0.4 is 0 Å². The molecular weight excluding hydrogens is 408 g/mol. The molecule has 4 nitrogen and oxygen atoms in total. The van der Waals surface area contributed by atoms with Crippen LogP contribution in [0.15, 0.2) is 23.1 Å². The molecule has 0 N–H and O–H groups in total. The van der Waals surface area contributed by atoms with Crippen LogP contribution in [0.3, 0.4) is 0 Å². The number of ketones is 1. The summed E-state index contributed by atoms with van der Waals surface area (Å²) in [4.78, 5) is 12.8. The van der Waals surface area contributed by atoms with Crippen molar-refractivity contribution in [2.45, 2.75) is 52.4 Å². The summed E-state index contributed by atoms with van der Waals surface area (Å²) in [6, 6.07) is 2.44. The number of nitrogens with zero attached hydrogens (tertiary/aromatic N) is 1. The van der Waals surface area contributed by atoms with Gasteiger partial charge in [0.05, 0.1) is 0 Å². The van der Waals surface area contributed by atoms with Gasteiger partial charge in [0.2, 0.25) is 10.0 Å². The first-order valence-corrected chi connectivity index (χ1v) is 11.5. The minimum atomic E-state index is -4.08. The highest BCUT2D eigenvalue weighted by molar-refractivity contribution is 7.89. The topological polar surface area (TPSA) is 54.5 Å². The van der Waals surface area contributed by atoms with Crippen LogP contribution in [0, 0.1) is 52.2 Å². The zero-order valence-corrected chi connectivity index (χ0v) is 18.8. The number of benzene rings is 2. The van der Waals surface area contributed by atoms with Gasteiger partial charge in [-0.15, -0.1) is 0 Å². The summed E-state index contributed by atoms with van der Waals surface area (Å²) >= 11 is 0. The molecule has 162 valence electrons. The molecule has 1 saturated heterocycles. The molecule has 0 spiro atoms. The Balaban J connectivity index is 1.82. The van der Waals surface area contributed by atoms with E-state index >= 15 is 0 Å². The van der Waals surface area contributed by atoms with Crippen molar-refractivity contribution in [3.05, 3.63) is 63.2 Å². The maximum Gasteiger partial charge on any atom is 0.245 e. The molecule has 0 radical (unpaired) electrons. The molecule has 1 fully saturated rings. The molecule has 0 bridgehead atoms. The van der Waals surface area contributed by atoms with Gasteiger partial charge in [-0.1, -0.05) is 0 Å². The molecule has 7 heteroatoms. The Labute approximate surface area is 177 Å². The van der Waals surface area contributed by atoms with Gasteiger partial charge in [0.25, 0.3) is 0 Å². The summed E-state index contributed by atoms with van der Waals surface area (Å²) in [7, 11) is -4.08. The Bertz CT molecular complexity index is 1090. The predicted molar refractivity (Wildman–Crippen MR) is 112 cm³/mol. The van der Waals surface area contributed by atoms with E-state index in [9.17, 15) is 22.0 Å². The van der Waals surface area contributed by atoms with E-state index in [1.165, 1.54) is 9.87 Å². The number of sulfonamides is 1. The molecule has 0 aliphatic carbocycles. The summed E-state index contributed by atoms with van der Waals surface area (Å²) in [5.74, 6) is -2.18. The van der Waals surface area contributed by atoms with Gasteiger partial charge < -0.3 is 0 Å². The number of carbonyl (C=O) groups excluding carboxylic acids is 1. The first kappa shape index (κ1) is 22.6. The second-order valence-corrected chi connectivity index (χ2v) is 10.0. The van der Waals surface area contributed by atoms with Crippen molar-refractivity contribution in [1.29, 1.82) is 0 Å². The normalized spacial score (nSPS) is 16.1. The fourth-order valence-corrected chi connectivity index (χ4v) is 5.77. The number of carbonyl (C=O) groups is 1. The Kier molecular flexibility index (Phi) is 6.16. The van der Waals surface area contributed by atoms with Crippen molar-refractivity contribution < 1.29 is 22.0 Å². The van der Waals surface area contributed by atoms with Gasteiger partial charge in [0.15, 0.2) is 5.78 Å². The second-order valence-electron chi connectivity index (χ2n) is 8.12. The van der Waals surface area contributed by atoms with Crippen LogP contribution in [0.4, 0.5) is 8.78 Å². The average Bonchev–Trinajstić information content (AvgIpc) is 2.70. The van der Waals surface area contributed by atoms with E-state index in [4.69, 9.17) is 0 Å². The van der Waals surface area contributed by atoms with Gasteiger partial charge in [0.1, 0.15) is 16.5 Å². The van der Waals surface area contributed by atoms with Crippen LogP contribution in [0.25, 0.3) is 0 Å². The summed E-state index contributed by atoms with van der Waals surface area (Å²) in [6.45, 7) is 10.2. The largest absolute Gasteiger partial charge is 0.294 e. The van der Waals surface area contributed by atoms with Crippen molar-refractivity contribution in [1.82, 2.24) is 4.31 Å². The maximum atomic E-state index is 14.0. The van der Waals surface area contributed by atoms with E-state index in [-0.39, 0.29) is 24.8 Å². The molecule has 0 aromatic heterocycles. The molecule has 0 saturated carbocycles. The molecule has 0 amide bonds. The molecule has 2 aromatic rings. The van der Waals surface area contributed by atoms with E-state index in [0.717, 1.165) is 39.9 Å². The lowest BCUT2D eigenvalue weighted by Crippen LogP contribution is -2.40. The zero-order valence-electron chi connectivity index (χ0n) is 18.0. The summed E-state index contributed by atoms with van der Waals surface area (Å²) in [6.07, 6.45) is 0.734. The number of hydrogen-bond donors (Lipinski definition) is 0. The molecule has 3 rings (SSSR count). The minimum Gasteiger partial charge on any atom is -0.294 e. The van der Waals surface area contributed by atoms with Gasteiger partial charge in [-0.3, -0.25) is 4.79 Å². The van der Waals surface area contributed by atoms with E-state index < -0.39 is 26.6 Å². The molecule has 0 unspecified atom stereocenters. The molecule has 1 aliphatic heterocycles. The lowest BCUT2D eigenvalue weighted by Gasteiger charge is -2.31. The first-order valence-electron chi connectivity index (χ1n) is 10.0. The van der Waals surface area contributed by atoms with Crippen molar-refractivity contribution in [3.8, 4) is 0 Å². The quantitative estimate of drug-likeness (QED) is 0.649. The third-order valence-electron chi connectivity index (χ3n) is 6.58. The van der Waals surface area contributed by atoms with Crippen LogP contribution in [0.2, 0.25) is 0 Å². The minimum absolute atomic E-state index is 0.0428. The van der Waals surface area contributed by atoms with Gasteiger partial charge in [-0.05, 0) is 87.4 Å². The maximum absolute atomic E-state index is 14.0. The molecular formula is C23H27F2NO3S. The lowest BCUT2D eigenvalue weighted by molar-refractivity contribution is 0.0873. The monoisotopic (exact) mass is 435 g/mol. The van der Waals surface area contributed by atoms with E-state index in [1.807, 2.05) is 27.7 Å². The molecule has 0 atom stereocenters. The number of halogens is 2. The van der Waals surface area contributed by atoms with E-state index in [1.54, 1.807) is 0 Å². The van der Waals surface area contributed by atoms with Crippen LogP contribution in [-0.4, -0.2) is 31.6 Å². The number of Topliss-reactive ketones (excluding diaryl/α,β-unsaturated/α-hetero) is 1.